The Morgan fingerprint density at radius 2 is 1.71 bits per heavy atom. The minimum absolute atomic E-state index is 0.234. The van der Waals surface area contributed by atoms with Crippen molar-refractivity contribution in [2.45, 2.75) is 46.3 Å². The number of rotatable bonds is 4. The first-order chi connectivity index (χ1) is 14.5. The molecule has 31 heavy (non-hydrogen) atoms. The molecule has 1 aromatic heterocycles. The van der Waals surface area contributed by atoms with Crippen molar-refractivity contribution in [2.75, 3.05) is 0 Å². The maximum atomic E-state index is 13.1. The number of carbonyl (C=O) groups is 2. The highest BCUT2D eigenvalue weighted by molar-refractivity contribution is 5.88. The van der Waals surface area contributed by atoms with Crippen LogP contribution in [0.3, 0.4) is 0 Å². The van der Waals surface area contributed by atoms with Crippen LogP contribution in [0.2, 0.25) is 0 Å². The van der Waals surface area contributed by atoms with E-state index in [4.69, 9.17) is 13.9 Å². The maximum absolute atomic E-state index is 13.1. The van der Waals surface area contributed by atoms with E-state index < -0.39 is 29.3 Å². The van der Waals surface area contributed by atoms with Crippen LogP contribution in [0.25, 0.3) is 11.0 Å². The van der Waals surface area contributed by atoms with Gasteiger partial charge in [0, 0.05) is 17.0 Å². The van der Waals surface area contributed by atoms with Crippen LogP contribution >= 0.6 is 0 Å². The second-order valence-electron chi connectivity index (χ2n) is 8.22. The van der Waals surface area contributed by atoms with Gasteiger partial charge in [0.25, 0.3) is 0 Å². The number of nitrogens with one attached hydrogen (secondary N) is 1. The summed E-state index contributed by atoms with van der Waals surface area (Å²) in [5.74, 6) is -0.465. The molecule has 0 saturated carbocycles. The van der Waals surface area contributed by atoms with E-state index in [-0.39, 0.29) is 5.75 Å². The number of benzene rings is 2. The summed E-state index contributed by atoms with van der Waals surface area (Å²) < 4.78 is 16.2. The van der Waals surface area contributed by atoms with Gasteiger partial charge < -0.3 is 19.2 Å². The third-order valence-corrected chi connectivity index (χ3v) is 4.56. The van der Waals surface area contributed by atoms with Crippen LogP contribution in [0.1, 0.15) is 43.5 Å². The summed E-state index contributed by atoms with van der Waals surface area (Å²) in [5.41, 5.74) is 0.965. The summed E-state index contributed by atoms with van der Waals surface area (Å²) in [5, 5.41) is 3.33. The molecule has 1 N–H and O–H groups in total. The lowest BCUT2D eigenvalue weighted by molar-refractivity contribution is -0.137. The molecule has 0 aliphatic rings. The zero-order chi connectivity index (χ0) is 22.8. The number of esters is 1. The van der Waals surface area contributed by atoms with Crippen LogP contribution in [-0.4, -0.2) is 17.7 Å². The highest BCUT2D eigenvalue weighted by Gasteiger charge is 2.28. The second kappa shape index (κ2) is 8.63. The molecule has 7 heteroatoms. The number of hydrogen-bond donors (Lipinski definition) is 1. The second-order valence-corrected chi connectivity index (χ2v) is 8.22. The van der Waals surface area contributed by atoms with E-state index in [2.05, 4.69) is 5.32 Å². The molecule has 1 heterocycles. The summed E-state index contributed by atoms with van der Waals surface area (Å²) >= 11 is 0. The van der Waals surface area contributed by atoms with Crippen LogP contribution in [0.5, 0.6) is 5.75 Å². The van der Waals surface area contributed by atoms with Gasteiger partial charge in [-0.05, 0) is 57.9 Å². The van der Waals surface area contributed by atoms with E-state index in [0.29, 0.717) is 16.7 Å². The maximum Gasteiger partial charge on any atom is 0.408 e. The first-order valence-corrected chi connectivity index (χ1v) is 9.85. The van der Waals surface area contributed by atoms with Crippen LogP contribution in [-0.2, 0) is 9.53 Å². The van der Waals surface area contributed by atoms with Crippen molar-refractivity contribution < 1.29 is 23.5 Å². The fourth-order valence-electron chi connectivity index (χ4n) is 3.13. The van der Waals surface area contributed by atoms with Crippen molar-refractivity contribution in [1.29, 1.82) is 0 Å². The van der Waals surface area contributed by atoms with Crippen LogP contribution < -0.4 is 15.7 Å². The van der Waals surface area contributed by atoms with Crippen molar-refractivity contribution in [3.05, 3.63) is 75.6 Å². The predicted octanol–water partition coefficient (Wildman–Crippen LogP) is 4.58. The van der Waals surface area contributed by atoms with E-state index in [0.717, 1.165) is 10.9 Å². The summed E-state index contributed by atoms with van der Waals surface area (Å²) in [6, 6.07) is 12.4. The number of amides is 1. The average Bonchev–Trinajstić information content (AvgIpc) is 2.68. The van der Waals surface area contributed by atoms with Gasteiger partial charge in [-0.25, -0.2) is 14.4 Å². The van der Waals surface area contributed by atoms with Gasteiger partial charge in [-0.15, -0.1) is 0 Å². The fourth-order valence-corrected chi connectivity index (χ4v) is 3.13. The highest BCUT2D eigenvalue weighted by Crippen LogP contribution is 2.29. The lowest BCUT2D eigenvalue weighted by Crippen LogP contribution is -2.39. The van der Waals surface area contributed by atoms with Crippen molar-refractivity contribution >= 4 is 23.0 Å². The lowest BCUT2D eigenvalue weighted by atomic mass is 10.1. The Kier molecular flexibility index (Phi) is 6.15. The molecule has 1 atom stereocenters. The number of fused-ring (bicyclic) bond motifs is 1. The number of alkyl carbamates (subject to hydrolysis) is 1. The molecular weight excluding hydrogens is 398 g/mol. The molecule has 0 bridgehead atoms. The van der Waals surface area contributed by atoms with Crippen LogP contribution in [0.4, 0.5) is 4.79 Å². The van der Waals surface area contributed by atoms with Crippen LogP contribution in [0.15, 0.2) is 57.7 Å². The topological polar surface area (TPSA) is 94.8 Å². The van der Waals surface area contributed by atoms with Gasteiger partial charge in [-0.1, -0.05) is 30.3 Å². The quantitative estimate of drug-likeness (QED) is 0.375. The van der Waals surface area contributed by atoms with Crippen molar-refractivity contribution in [3.63, 3.8) is 0 Å². The first kappa shape index (κ1) is 22.1. The Morgan fingerprint density at radius 3 is 2.35 bits per heavy atom. The molecule has 7 nitrogen and oxygen atoms in total. The molecular formula is C24H25NO6. The van der Waals surface area contributed by atoms with E-state index >= 15 is 0 Å². The summed E-state index contributed by atoms with van der Waals surface area (Å²) in [6.45, 7) is 8.70. The van der Waals surface area contributed by atoms with E-state index in [1.54, 1.807) is 77.1 Å². The zero-order valence-corrected chi connectivity index (χ0v) is 18.1. The molecule has 3 rings (SSSR count). The molecule has 0 aliphatic carbocycles. The SMILES string of the molecule is Cc1cc(=O)oc2c(C)c(OC(=O)[C@H](NC(=O)OC(C)(C)C)c3ccccc3)ccc12. The molecule has 0 radical (unpaired) electrons. The molecule has 0 unspecified atom stereocenters. The van der Waals surface area contributed by atoms with Gasteiger partial charge in [0.15, 0.2) is 6.04 Å². The lowest BCUT2D eigenvalue weighted by Gasteiger charge is -2.23. The molecule has 0 fully saturated rings. The van der Waals surface area contributed by atoms with Gasteiger partial charge in [-0.2, -0.15) is 0 Å². The standard InChI is InChI=1S/C24H25NO6/c1-14-13-19(26)30-21-15(2)18(12-11-17(14)21)29-22(27)20(16-9-7-6-8-10-16)25-23(28)31-24(3,4)5/h6-13,20H,1-5H3,(H,25,28)/t20-/m1/s1. The van der Waals surface area contributed by atoms with Crippen molar-refractivity contribution in [2.24, 2.45) is 0 Å². The minimum atomic E-state index is -1.09. The number of carbonyl (C=O) groups excluding carboxylic acids is 2. The molecule has 0 saturated heterocycles. The first-order valence-electron chi connectivity index (χ1n) is 9.85. The summed E-state index contributed by atoms with van der Waals surface area (Å²) in [7, 11) is 0. The van der Waals surface area contributed by atoms with E-state index in [1.807, 2.05) is 0 Å². The normalized spacial score (nSPS) is 12.3. The van der Waals surface area contributed by atoms with Gasteiger partial charge in [-0.3, -0.25) is 0 Å². The minimum Gasteiger partial charge on any atom is -0.444 e. The zero-order valence-electron chi connectivity index (χ0n) is 18.1. The summed E-state index contributed by atoms with van der Waals surface area (Å²) in [4.78, 5) is 37.2. The molecule has 0 aliphatic heterocycles. The average molecular weight is 423 g/mol. The number of hydrogen-bond acceptors (Lipinski definition) is 6. The Bertz CT molecular complexity index is 1170. The molecule has 1 amide bonds. The summed E-state index contributed by atoms with van der Waals surface area (Å²) in [6.07, 6.45) is -0.741. The monoisotopic (exact) mass is 423 g/mol. The van der Waals surface area contributed by atoms with Gasteiger partial charge in [0.05, 0.1) is 0 Å². The Labute approximate surface area is 180 Å². The number of aryl methyl sites for hydroxylation is 2. The predicted molar refractivity (Wildman–Crippen MR) is 116 cm³/mol. The van der Waals surface area contributed by atoms with Crippen LogP contribution in [0, 0.1) is 13.8 Å². The highest BCUT2D eigenvalue weighted by atomic mass is 16.6. The van der Waals surface area contributed by atoms with Crippen molar-refractivity contribution in [3.8, 4) is 5.75 Å². The van der Waals surface area contributed by atoms with E-state index in [1.165, 1.54) is 6.07 Å². The number of ether oxygens (including phenoxy) is 2. The Hall–Kier alpha value is -3.61. The van der Waals surface area contributed by atoms with Gasteiger partial charge in [0.2, 0.25) is 0 Å². The third-order valence-electron chi connectivity index (χ3n) is 4.56. The largest absolute Gasteiger partial charge is 0.444 e. The smallest absolute Gasteiger partial charge is 0.408 e. The van der Waals surface area contributed by atoms with Gasteiger partial charge >= 0.3 is 17.7 Å². The Balaban J connectivity index is 1.92. The van der Waals surface area contributed by atoms with E-state index in [9.17, 15) is 14.4 Å². The Morgan fingerprint density at radius 1 is 1.03 bits per heavy atom. The van der Waals surface area contributed by atoms with Crippen molar-refractivity contribution in [1.82, 2.24) is 5.32 Å². The van der Waals surface area contributed by atoms with Gasteiger partial charge in [0.1, 0.15) is 16.9 Å². The fraction of sp³-hybridized carbons (Fsp3) is 0.292. The molecule has 3 aromatic rings. The molecule has 0 spiro atoms. The third kappa shape index (κ3) is 5.31. The molecule has 2 aromatic carbocycles. The molecule has 162 valence electrons.